The van der Waals surface area contributed by atoms with E-state index in [1.165, 1.54) is 28.0 Å². The summed E-state index contributed by atoms with van der Waals surface area (Å²) in [6, 6.07) is 14.9. The highest BCUT2D eigenvalue weighted by Gasteiger charge is 2.29. The van der Waals surface area contributed by atoms with E-state index in [1.807, 2.05) is 0 Å². The Labute approximate surface area is 124 Å². The Balaban J connectivity index is 2.12. The Hall–Kier alpha value is -2.29. The molecule has 3 aromatic rings. The van der Waals surface area contributed by atoms with Crippen LogP contribution >= 0.6 is 0 Å². The summed E-state index contributed by atoms with van der Waals surface area (Å²) in [6.07, 6.45) is 1.04. The van der Waals surface area contributed by atoms with Crippen molar-refractivity contribution in [3.8, 4) is 17.1 Å². The van der Waals surface area contributed by atoms with Gasteiger partial charge in [0.05, 0.1) is 25.8 Å². The number of hydrogen-bond acceptors (Lipinski definition) is 1. The van der Waals surface area contributed by atoms with Crippen LogP contribution in [0.2, 0.25) is 0 Å². The van der Waals surface area contributed by atoms with Gasteiger partial charge in [0, 0.05) is 6.42 Å². The van der Waals surface area contributed by atoms with E-state index in [9.17, 15) is 0 Å². The average Bonchev–Trinajstić information content (AvgIpc) is 2.66. The molecule has 2 heterocycles. The second-order valence-corrected chi connectivity index (χ2v) is 5.68. The Morgan fingerprint density at radius 1 is 1.10 bits per heavy atom. The molecule has 3 heteroatoms. The average molecular weight is 279 g/mol. The van der Waals surface area contributed by atoms with Crippen LogP contribution in [-0.2, 0) is 13.6 Å². The van der Waals surface area contributed by atoms with E-state index >= 15 is 0 Å². The van der Waals surface area contributed by atoms with Crippen LogP contribution in [0.15, 0.2) is 42.5 Å². The molecule has 0 N–H and O–H groups in total. The van der Waals surface area contributed by atoms with Crippen molar-refractivity contribution in [2.45, 2.75) is 19.9 Å². The highest BCUT2D eigenvalue weighted by atomic mass is 16.5. The summed E-state index contributed by atoms with van der Waals surface area (Å²) < 4.78 is 10.6. The van der Waals surface area contributed by atoms with Crippen LogP contribution in [0.25, 0.3) is 22.4 Å². The first-order valence-electron chi connectivity index (χ1n) is 7.47. The third-order valence-electron chi connectivity index (χ3n) is 4.35. The molecule has 2 aromatic carbocycles. The van der Waals surface area contributed by atoms with Gasteiger partial charge in [0.1, 0.15) is 0 Å². The van der Waals surface area contributed by atoms with Gasteiger partial charge in [0.25, 0.3) is 5.82 Å². The number of imidazole rings is 1. The van der Waals surface area contributed by atoms with E-state index < -0.39 is 0 Å². The molecule has 0 bridgehead atoms. The van der Waals surface area contributed by atoms with Gasteiger partial charge in [-0.1, -0.05) is 24.3 Å². The first kappa shape index (κ1) is 12.5. The van der Waals surface area contributed by atoms with E-state index in [2.05, 4.69) is 65.6 Å². The highest BCUT2D eigenvalue weighted by Crippen LogP contribution is 2.30. The van der Waals surface area contributed by atoms with Gasteiger partial charge in [0.15, 0.2) is 11.3 Å². The SMILES string of the molecule is Cc1ccccc1-c1n(C)c2cccc3c2[n+]1CCCO3. The lowest BCUT2D eigenvalue weighted by Gasteiger charge is -2.04. The number of aryl methyl sites for hydroxylation is 3. The molecule has 0 fully saturated rings. The normalized spacial score (nSPS) is 14.0. The van der Waals surface area contributed by atoms with Crippen LogP contribution < -0.4 is 9.30 Å². The first-order chi connectivity index (χ1) is 10.3. The third-order valence-corrected chi connectivity index (χ3v) is 4.35. The summed E-state index contributed by atoms with van der Waals surface area (Å²) in [4.78, 5) is 0. The van der Waals surface area contributed by atoms with Crippen LogP contribution in [0.4, 0.5) is 0 Å². The highest BCUT2D eigenvalue weighted by molar-refractivity contribution is 5.82. The molecule has 106 valence electrons. The Bertz CT molecular complexity index is 833. The molecule has 0 unspecified atom stereocenters. The lowest BCUT2D eigenvalue weighted by Crippen LogP contribution is -2.35. The topological polar surface area (TPSA) is 18.0 Å². The molecule has 0 saturated heterocycles. The van der Waals surface area contributed by atoms with Crippen molar-refractivity contribution >= 4 is 11.0 Å². The van der Waals surface area contributed by atoms with Crippen LogP contribution in [0.5, 0.6) is 5.75 Å². The molecule has 1 aromatic heterocycles. The minimum atomic E-state index is 0.789. The maximum Gasteiger partial charge on any atom is 0.289 e. The van der Waals surface area contributed by atoms with Crippen LogP contribution in [0, 0.1) is 6.92 Å². The monoisotopic (exact) mass is 279 g/mol. The second kappa shape index (κ2) is 4.62. The molecule has 0 aliphatic carbocycles. The number of aromatic nitrogens is 2. The summed E-state index contributed by atoms with van der Waals surface area (Å²) in [5.74, 6) is 2.27. The molecule has 3 nitrogen and oxygen atoms in total. The Morgan fingerprint density at radius 2 is 1.95 bits per heavy atom. The zero-order chi connectivity index (χ0) is 14.4. The predicted molar refractivity (Wildman–Crippen MR) is 83.4 cm³/mol. The fraction of sp³-hybridized carbons (Fsp3) is 0.278. The quantitative estimate of drug-likeness (QED) is 0.625. The van der Waals surface area contributed by atoms with Gasteiger partial charge in [-0.05, 0) is 30.7 Å². The smallest absolute Gasteiger partial charge is 0.289 e. The minimum absolute atomic E-state index is 0.789. The van der Waals surface area contributed by atoms with Gasteiger partial charge in [-0.15, -0.1) is 0 Å². The van der Waals surface area contributed by atoms with Crippen molar-refractivity contribution in [3.63, 3.8) is 0 Å². The number of nitrogens with zero attached hydrogens (tertiary/aromatic N) is 2. The minimum Gasteiger partial charge on any atom is -0.489 e. The van der Waals surface area contributed by atoms with Gasteiger partial charge < -0.3 is 4.74 Å². The second-order valence-electron chi connectivity index (χ2n) is 5.68. The molecular weight excluding hydrogens is 260 g/mol. The van der Waals surface area contributed by atoms with Crippen molar-refractivity contribution in [1.29, 1.82) is 0 Å². The van der Waals surface area contributed by atoms with Crippen LogP contribution in [0.1, 0.15) is 12.0 Å². The van der Waals surface area contributed by atoms with Crippen LogP contribution in [0.3, 0.4) is 0 Å². The van der Waals surface area contributed by atoms with Gasteiger partial charge in [-0.2, -0.15) is 0 Å². The number of benzene rings is 2. The summed E-state index contributed by atoms with van der Waals surface area (Å²) >= 11 is 0. The molecule has 1 aliphatic heterocycles. The van der Waals surface area contributed by atoms with E-state index in [0.29, 0.717) is 0 Å². The maximum atomic E-state index is 5.92. The van der Waals surface area contributed by atoms with E-state index in [1.54, 1.807) is 0 Å². The molecule has 4 rings (SSSR count). The molecule has 0 saturated carbocycles. The summed E-state index contributed by atoms with van der Waals surface area (Å²) in [7, 11) is 2.14. The molecule has 1 aliphatic rings. The largest absolute Gasteiger partial charge is 0.489 e. The van der Waals surface area contributed by atoms with Crippen molar-refractivity contribution in [2.75, 3.05) is 6.61 Å². The number of para-hydroxylation sites is 1. The van der Waals surface area contributed by atoms with Crippen molar-refractivity contribution in [3.05, 3.63) is 48.0 Å². The lowest BCUT2D eigenvalue weighted by atomic mass is 10.1. The molecule has 0 radical (unpaired) electrons. The van der Waals surface area contributed by atoms with Crippen molar-refractivity contribution < 1.29 is 9.30 Å². The Morgan fingerprint density at radius 3 is 2.81 bits per heavy atom. The van der Waals surface area contributed by atoms with Gasteiger partial charge in [0.2, 0.25) is 5.52 Å². The van der Waals surface area contributed by atoms with E-state index in [4.69, 9.17) is 4.74 Å². The van der Waals surface area contributed by atoms with Gasteiger partial charge in [-0.3, -0.25) is 0 Å². The van der Waals surface area contributed by atoms with Gasteiger partial charge in [-0.25, -0.2) is 9.13 Å². The summed E-state index contributed by atoms with van der Waals surface area (Å²) in [5, 5.41) is 0. The zero-order valence-corrected chi connectivity index (χ0v) is 12.5. The third kappa shape index (κ3) is 1.77. The van der Waals surface area contributed by atoms with E-state index in [-0.39, 0.29) is 0 Å². The van der Waals surface area contributed by atoms with Crippen LogP contribution in [-0.4, -0.2) is 11.2 Å². The first-order valence-corrected chi connectivity index (χ1v) is 7.47. The van der Waals surface area contributed by atoms with Gasteiger partial charge >= 0.3 is 0 Å². The predicted octanol–water partition coefficient (Wildman–Crippen LogP) is 3.22. The fourth-order valence-electron chi connectivity index (χ4n) is 3.34. The van der Waals surface area contributed by atoms with Crippen molar-refractivity contribution in [1.82, 2.24) is 4.57 Å². The molecule has 21 heavy (non-hydrogen) atoms. The molecule has 0 spiro atoms. The lowest BCUT2D eigenvalue weighted by molar-refractivity contribution is -0.660. The standard InChI is InChI=1S/C18H19N2O/c1-13-7-3-4-8-14(13)18-19(2)15-9-5-10-16-17(15)20(18)11-6-12-21-16/h3-5,7-10H,6,11-12H2,1-2H3/q+1. The summed E-state index contributed by atoms with van der Waals surface area (Å²) in [6.45, 7) is 3.96. The Kier molecular flexibility index (Phi) is 2.74. The maximum absolute atomic E-state index is 5.92. The number of rotatable bonds is 1. The number of ether oxygens (including phenoxy) is 1. The summed E-state index contributed by atoms with van der Waals surface area (Å²) in [5.41, 5.74) is 5.05. The van der Waals surface area contributed by atoms with E-state index in [0.717, 1.165) is 25.3 Å². The molecule has 0 amide bonds. The number of hydrogen-bond donors (Lipinski definition) is 0. The molecular formula is C18H19N2O+. The molecule has 0 atom stereocenters. The zero-order valence-electron chi connectivity index (χ0n) is 12.5. The fourth-order valence-corrected chi connectivity index (χ4v) is 3.34. The van der Waals surface area contributed by atoms with Crippen molar-refractivity contribution in [2.24, 2.45) is 7.05 Å².